The molecule has 1 aromatic carbocycles. The van der Waals surface area contributed by atoms with Gasteiger partial charge in [-0.25, -0.2) is 0 Å². The van der Waals surface area contributed by atoms with Gasteiger partial charge in [0.25, 0.3) is 0 Å². The molecule has 0 saturated carbocycles. The minimum atomic E-state index is -0.451. The first-order chi connectivity index (χ1) is 8.74. The molecule has 18 heavy (non-hydrogen) atoms. The van der Waals surface area contributed by atoms with Gasteiger partial charge in [-0.1, -0.05) is 0 Å². The molecule has 0 radical (unpaired) electrons. The summed E-state index contributed by atoms with van der Waals surface area (Å²) in [6.45, 7) is 1.07. The Hall–Kier alpha value is -1.59. The van der Waals surface area contributed by atoms with Crippen molar-refractivity contribution in [3.8, 4) is 11.5 Å². The zero-order valence-electron chi connectivity index (χ0n) is 10.5. The Balaban J connectivity index is 2.16. The van der Waals surface area contributed by atoms with E-state index >= 15 is 0 Å². The highest BCUT2D eigenvalue weighted by atomic mass is 16.7. The molecule has 1 fully saturated rings. The van der Waals surface area contributed by atoms with Crippen LogP contribution in [0.5, 0.6) is 11.5 Å². The van der Waals surface area contributed by atoms with E-state index in [2.05, 4.69) is 0 Å². The summed E-state index contributed by atoms with van der Waals surface area (Å²) in [6.07, 6.45) is -0.266. The summed E-state index contributed by atoms with van der Waals surface area (Å²) in [5, 5.41) is 0. The highest BCUT2D eigenvalue weighted by Gasteiger charge is 2.22. The van der Waals surface area contributed by atoms with E-state index in [0.717, 1.165) is 0 Å². The third-order valence-electron chi connectivity index (χ3n) is 2.75. The van der Waals surface area contributed by atoms with Crippen LogP contribution in [-0.2, 0) is 9.47 Å². The number of ether oxygens (including phenoxy) is 4. The fourth-order valence-corrected chi connectivity index (χ4v) is 1.82. The lowest BCUT2D eigenvalue weighted by Crippen LogP contribution is -2.15. The fraction of sp³-hybridized carbons (Fsp3) is 0.462. The highest BCUT2D eigenvalue weighted by molar-refractivity contribution is 5.99. The van der Waals surface area contributed by atoms with Gasteiger partial charge in [0, 0.05) is 0 Å². The molecule has 0 aromatic heterocycles. The number of benzene rings is 1. The van der Waals surface area contributed by atoms with E-state index in [1.54, 1.807) is 25.3 Å². The summed E-state index contributed by atoms with van der Waals surface area (Å²) in [5.74, 6) is 1.06. The molecule has 0 spiro atoms. The molecule has 1 saturated heterocycles. The Morgan fingerprint density at radius 2 is 2.00 bits per heavy atom. The van der Waals surface area contributed by atoms with Crippen LogP contribution in [0.2, 0.25) is 0 Å². The Kier molecular flexibility index (Phi) is 4.17. The second-order valence-electron chi connectivity index (χ2n) is 3.86. The summed E-state index contributed by atoms with van der Waals surface area (Å²) in [6, 6.07) is 5.12. The van der Waals surface area contributed by atoms with E-state index in [0.29, 0.717) is 30.3 Å². The largest absolute Gasteiger partial charge is 0.497 e. The van der Waals surface area contributed by atoms with E-state index in [1.807, 2.05) is 0 Å². The molecule has 0 atom stereocenters. The first-order valence-electron chi connectivity index (χ1n) is 5.73. The van der Waals surface area contributed by atoms with E-state index in [-0.39, 0.29) is 12.2 Å². The number of hydrogen-bond donors (Lipinski definition) is 0. The lowest BCUT2D eigenvalue weighted by Gasteiger charge is -2.12. The Bertz CT molecular complexity index is 423. The van der Waals surface area contributed by atoms with Crippen molar-refractivity contribution in [2.24, 2.45) is 0 Å². The zero-order valence-corrected chi connectivity index (χ0v) is 10.5. The van der Waals surface area contributed by atoms with Crippen LogP contribution in [0.15, 0.2) is 18.2 Å². The average Bonchev–Trinajstić information content (AvgIpc) is 2.90. The van der Waals surface area contributed by atoms with Crippen LogP contribution in [0.1, 0.15) is 16.8 Å². The number of carbonyl (C=O) groups is 1. The summed E-state index contributed by atoms with van der Waals surface area (Å²) >= 11 is 0. The van der Waals surface area contributed by atoms with E-state index < -0.39 is 6.29 Å². The van der Waals surface area contributed by atoms with Gasteiger partial charge in [-0.05, 0) is 18.2 Å². The first-order valence-corrected chi connectivity index (χ1v) is 5.73. The molecular formula is C13H16O5. The third-order valence-corrected chi connectivity index (χ3v) is 2.75. The minimum Gasteiger partial charge on any atom is -0.497 e. The molecule has 1 aliphatic rings. The maximum absolute atomic E-state index is 12.2. The minimum absolute atomic E-state index is 0.0855. The van der Waals surface area contributed by atoms with Crippen molar-refractivity contribution >= 4 is 5.78 Å². The zero-order chi connectivity index (χ0) is 13.0. The lowest BCUT2D eigenvalue weighted by molar-refractivity contribution is -0.0407. The highest BCUT2D eigenvalue weighted by Crippen LogP contribution is 2.26. The predicted molar refractivity (Wildman–Crippen MR) is 64.2 cm³/mol. The van der Waals surface area contributed by atoms with Crippen LogP contribution >= 0.6 is 0 Å². The van der Waals surface area contributed by atoms with Gasteiger partial charge in [0.15, 0.2) is 12.1 Å². The molecule has 1 aromatic rings. The maximum atomic E-state index is 12.2. The molecule has 98 valence electrons. The van der Waals surface area contributed by atoms with Crippen molar-refractivity contribution in [2.45, 2.75) is 12.7 Å². The summed E-state index contributed by atoms with van der Waals surface area (Å²) in [7, 11) is 3.08. The number of carbonyl (C=O) groups excluding carboxylic acids is 1. The molecule has 1 aliphatic heterocycles. The molecule has 5 nitrogen and oxygen atoms in total. The van der Waals surface area contributed by atoms with Crippen molar-refractivity contribution in [2.75, 3.05) is 27.4 Å². The van der Waals surface area contributed by atoms with Crippen molar-refractivity contribution < 1.29 is 23.7 Å². The van der Waals surface area contributed by atoms with Crippen LogP contribution in [-0.4, -0.2) is 39.5 Å². The smallest absolute Gasteiger partial charge is 0.171 e. The van der Waals surface area contributed by atoms with Gasteiger partial charge < -0.3 is 18.9 Å². The Morgan fingerprint density at radius 1 is 1.28 bits per heavy atom. The molecule has 0 aliphatic carbocycles. The Labute approximate surface area is 106 Å². The summed E-state index contributed by atoms with van der Waals surface area (Å²) in [5.41, 5.74) is 0.482. The number of rotatable bonds is 5. The lowest BCUT2D eigenvalue weighted by atomic mass is 10.1. The molecule has 2 rings (SSSR count). The maximum Gasteiger partial charge on any atom is 0.171 e. The predicted octanol–water partition coefficient (Wildman–Crippen LogP) is 1.65. The second kappa shape index (κ2) is 5.84. The van der Waals surface area contributed by atoms with E-state index in [1.165, 1.54) is 7.11 Å². The van der Waals surface area contributed by atoms with Gasteiger partial charge in [-0.2, -0.15) is 0 Å². The van der Waals surface area contributed by atoms with Crippen LogP contribution in [0.25, 0.3) is 0 Å². The number of hydrogen-bond acceptors (Lipinski definition) is 5. The molecule has 0 unspecified atom stereocenters. The van der Waals surface area contributed by atoms with Gasteiger partial charge in [-0.3, -0.25) is 4.79 Å². The summed E-state index contributed by atoms with van der Waals surface area (Å²) in [4.78, 5) is 12.2. The second-order valence-corrected chi connectivity index (χ2v) is 3.86. The van der Waals surface area contributed by atoms with Gasteiger partial charge in [0.1, 0.15) is 11.5 Å². The van der Waals surface area contributed by atoms with Crippen LogP contribution in [0.4, 0.5) is 0 Å². The third kappa shape index (κ3) is 2.80. The van der Waals surface area contributed by atoms with Gasteiger partial charge in [-0.15, -0.1) is 0 Å². The molecule has 5 heteroatoms. The topological polar surface area (TPSA) is 54.0 Å². The van der Waals surface area contributed by atoms with Crippen LogP contribution in [0, 0.1) is 0 Å². The van der Waals surface area contributed by atoms with Crippen molar-refractivity contribution in [3.63, 3.8) is 0 Å². The molecular weight excluding hydrogens is 236 g/mol. The fourth-order valence-electron chi connectivity index (χ4n) is 1.82. The number of Topliss-reactive ketones (excluding diaryl/α,β-unsaturated/α-hetero) is 1. The van der Waals surface area contributed by atoms with Gasteiger partial charge in [0.2, 0.25) is 0 Å². The number of methoxy groups -OCH3 is 2. The molecule has 0 N–H and O–H groups in total. The molecule has 1 heterocycles. The summed E-state index contributed by atoms with van der Waals surface area (Å²) < 4.78 is 20.8. The normalized spacial score (nSPS) is 15.7. The van der Waals surface area contributed by atoms with Gasteiger partial charge in [0.05, 0.1) is 39.4 Å². The number of ketones is 1. The quantitative estimate of drug-likeness (QED) is 0.746. The standard InChI is InChI=1S/C13H16O5/c1-15-9-3-4-12(16-2)10(7-9)11(14)8-13-17-5-6-18-13/h3-4,7,13H,5-6,8H2,1-2H3. The molecule has 0 bridgehead atoms. The van der Waals surface area contributed by atoms with Crippen molar-refractivity contribution in [1.82, 2.24) is 0 Å². The van der Waals surface area contributed by atoms with Crippen LogP contribution < -0.4 is 9.47 Å². The molecule has 0 amide bonds. The van der Waals surface area contributed by atoms with Crippen molar-refractivity contribution in [1.29, 1.82) is 0 Å². The Morgan fingerprint density at radius 3 is 2.61 bits per heavy atom. The van der Waals surface area contributed by atoms with Gasteiger partial charge >= 0.3 is 0 Å². The van der Waals surface area contributed by atoms with E-state index in [9.17, 15) is 4.79 Å². The van der Waals surface area contributed by atoms with E-state index in [4.69, 9.17) is 18.9 Å². The average molecular weight is 252 g/mol. The van der Waals surface area contributed by atoms with Crippen molar-refractivity contribution in [3.05, 3.63) is 23.8 Å². The van der Waals surface area contributed by atoms with Crippen LogP contribution in [0.3, 0.4) is 0 Å². The first kappa shape index (κ1) is 12.9. The monoisotopic (exact) mass is 252 g/mol. The SMILES string of the molecule is COc1ccc(OC)c(C(=O)CC2OCCO2)c1.